The molecule has 2 bridgehead atoms. The molecule has 2 aliphatic heterocycles. The van der Waals surface area contributed by atoms with Gasteiger partial charge in [0.1, 0.15) is 0 Å². The van der Waals surface area contributed by atoms with Crippen molar-refractivity contribution in [3.63, 3.8) is 0 Å². The first-order chi connectivity index (χ1) is 22.4. The highest BCUT2D eigenvalue weighted by Gasteiger charge is 2.47. The van der Waals surface area contributed by atoms with E-state index in [1.165, 1.54) is 23.7 Å². The second-order valence-corrected chi connectivity index (χ2v) is 14.3. The second kappa shape index (κ2) is 10.7. The molecule has 2 amide bonds. The Morgan fingerprint density at radius 3 is 2.30 bits per heavy atom. The molecule has 9 rings (SSSR count). The predicted molar refractivity (Wildman–Crippen MR) is 180 cm³/mol. The predicted octanol–water partition coefficient (Wildman–Crippen LogP) is 6.06. The smallest absolute Gasteiger partial charge is 0.254 e. The standard InChI is InChI=1S/C37H37ClN6O2/c38-28-14-27(37(46)43-21-26-12-13-31(43)33(26)39)15-29-34(28)44(20-23-17-41(18-23)36(45)24-6-2-1-3-7-24)35(40-29)32-16-25-8-4-5-9-30(25)42(32)19-22-10-11-22/h1-9,14-16,22-23,26,31,33H,10-13,17-21,39H2/t26?,31?,33-/m1/s1. The van der Waals surface area contributed by atoms with Crippen molar-refractivity contribution >= 4 is 45.4 Å². The van der Waals surface area contributed by atoms with Crippen LogP contribution in [0, 0.1) is 17.8 Å². The van der Waals surface area contributed by atoms with Crippen LogP contribution in [0.25, 0.3) is 33.5 Å². The molecule has 4 heterocycles. The highest BCUT2D eigenvalue weighted by Crippen LogP contribution is 2.40. The van der Waals surface area contributed by atoms with Gasteiger partial charge in [-0.1, -0.05) is 48.0 Å². The second-order valence-electron chi connectivity index (χ2n) is 13.9. The molecule has 9 heteroatoms. The van der Waals surface area contributed by atoms with Crippen molar-refractivity contribution in [3.05, 3.63) is 88.9 Å². The lowest BCUT2D eigenvalue weighted by Gasteiger charge is -2.39. The molecule has 0 radical (unpaired) electrons. The molecule has 2 aliphatic carbocycles. The number of hydrogen-bond acceptors (Lipinski definition) is 4. The molecule has 2 saturated heterocycles. The topological polar surface area (TPSA) is 89.4 Å². The lowest BCUT2D eigenvalue weighted by Crippen LogP contribution is -2.51. The van der Waals surface area contributed by atoms with Crippen LogP contribution in [-0.4, -0.2) is 67.5 Å². The normalized spacial score (nSPS) is 22.7. The molecule has 2 aromatic heterocycles. The van der Waals surface area contributed by atoms with Gasteiger partial charge in [-0.25, -0.2) is 4.98 Å². The number of nitrogens with zero attached hydrogens (tertiary/aromatic N) is 5. The Morgan fingerprint density at radius 1 is 0.804 bits per heavy atom. The zero-order chi connectivity index (χ0) is 31.1. The molecule has 0 spiro atoms. The number of hydrogen-bond donors (Lipinski definition) is 1. The van der Waals surface area contributed by atoms with Gasteiger partial charge in [-0.2, -0.15) is 0 Å². The summed E-state index contributed by atoms with van der Waals surface area (Å²) in [5.41, 5.74) is 11.6. The van der Waals surface area contributed by atoms with Crippen molar-refractivity contribution in [1.82, 2.24) is 23.9 Å². The number of benzene rings is 3. The molecule has 5 aromatic rings. The van der Waals surface area contributed by atoms with Crippen molar-refractivity contribution in [2.24, 2.45) is 23.5 Å². The summed E-state index contributed by atoms with van der Waals surface area (Å²) in [6, 6.07) is 24.1. The van der Waals surface area contributed by atoms with Gasteiger partial charge in [0, 0.05) is 72.8 Å². The maximum absolute atomic E-state index is 13.8. The molecule has 46 heavy (non-hydrogen) atoms. The highest BCUT2D eigenvalue weighted by atomic mass is 35.5. The molecule has 2 unspecified atom stereocenters. The number of carbonyl (C=O) groups is 2. The van der Waals surface area contributed by atoms with Crippen LogP contribution in [0.3, 0.4) is 0 Å². The third kappa shape index (κ3) is 4.56. The average molecular weight is 633 g/mol. The molecule has 4 fully saturated rings. The van der Waals surface area contributed by atoms with Crippen LogP contribution in [0.5, 0.6) is 0 Å². The van der Waals surface area contributed by atoms with E-state index in [0.29, 0.717) is 54.2 Å². The van der Waals surface area contributed by atoms with Gasteiger partial charge in [-0.15, -0.1) is 0 Å². The summed E-state index contributed by atoms with van der Waals surface area (Å²) >= 11 is 7.12. The Hall–Kier alpha value is -4.14. The quantitative estimate of drug-likeness (QED) is 0.236. The Morgan fingerprint density at radius 2 is 1.57 bits per heavy atom. The SMILES string of the molecule is N[C@@H]1C2CCC1N(C(=O)c1cc(Cl)c3c(c1)nc(-c1cc4ccccc4n1CC1CC1)n3CC1CN(C(=O)c3ccccc3)C1)C2. The molecule has 8 nitrogen and oxygen atoms in total. The van der Waals surface area contributed by atoms with Crippen LogP contribution >= 0.6 is 11.6 Å². The number of carbonyl (C=O) groups excluding carboxylic acids is 2. The third-order valence-corrected chi connectivity index (χ3v) is 11.1. The van der Waals surface area contributed by atoms with Crippen LogP contribution in [0.2, 0.25) is 5.02 Å². The minimum Gasteiger partial charge on any atom is -0.338 e. The summed E-state index contributed by atoms with van der Waals surface area (Å²) in [7, 11) is 0. The maximum Gasteiger partial charge on any atom is 0.254 e. The van der Waals surface area contributed by atoms with E-state index in [1.54, 1.807) is 0 Å². The summed E-state index contributed by atoms with van der Waals surface area (Å²) in [5.74, 6) is 2.21. The largest absolute Gasteiger partial charge is 0.338 e. The number of fused-ring (bicyclic) bond motifs is 4. The van der Waals surface area contributed by atoms with E-state index in [2.05, 4.69) is 39.5 Å². The summed E-state index contributed by atoms with van der Waals surface area (Å²) < 4.78 is 4.66. The first kappa shape index (κ1) is 28.1. The fourth-order valence-corrected chi connectivity index (χ4v) is 8.50. The Bertz CT molecular complexity index is 2010. The van der Waals surface area contributed by atoms with Crippen LogP contribution in [0.4, 0.5) is 0 Å². The third-order valence-electron chi connectivity index (χ3n) is 10.8. The van der Waals surface area contributed by atoms with Crippen LogP contribution in [0.1, 0.15) is 46.4 Å². The number of para-hydroxylation sites is 1. The number of amides is 2. The van der Waals surface area contributed by atoms with Gasteiger partial charge in [0.2, 0.25) is 0 Å². The van der Waals surface area contributed by atoms with Gasteiger partial charge in [0.05, 0.1) is 21.7 Å². The van der Waals surface area contributed by atoms with E-state index in [-0.39, 0.29) is 29.8 Å². The number of likely N-dealkylation sites (tertiary alicyclic amines) is 2. The van der Waals surface area contributed by atoms with Gasteiger partial charge in [-0.3, -0.25) is 9.59 Å². The van der Waals surface area contributed by atoms with Gasteiger partial charge in [-0.05, 0) is 73.9 Å². The molecule has 2 saturated carbocycles. The number of rotatable bonds is 7. The van der Waals surface area contributed by atoms with Crippen molar-refractivity contribution in [3.8, 4) is 11.5 Å². The Kier molecular flexibility index (Phi) is 6.54. The van der Waals surface area contributed by atoms with Gasteiger partial charge >= 0.3 is 0 Å². The van der Waals surface area contributed by atoms with E-state index in [1.807, 2.05) is 52.3 Å². The van der Waals surface area contributed by atoms with E-state index in [0.717, 1.165) is 41.9 Å². The minimum absolute atomic E-state index is 0.0144. The van der Waals surface area contributed by atoms with Crippen molar-refractivity contribution < 1.29 is 9.59 Å². The first-order valence-electron chi connectivity index (χ1n) is 16.6. The van der Waals surface area contributed by atoms with Crippen molar-refractivity contribution in [2.45, 2.75) is 50.9 Å². The van der Waals surface area contributed by atoms with Crippen LogP contribution in [-0.2, 0) is 13.1 Å². The van der Waals surface area contributed by atoms with Gasteiger partial charge in [0.25, 0.3) is 11.8 Å². The summed E-state index contributed by atoms with van der Waals surface area (Å²) in [5, 5.41) is 1.71. The molecule has 3 atom stereocenters. The number of imidazole rings is 1. The van der Waals surface area contributed by atoms with E-state index < -0.39 is 0 Å². The number of piperidine rings is 1. The molecular formula is C37H37ClN6O2. The highest BCUT2D eigenvalue weighted by molar-refractivity contribution is 6.35. The summed E-state index contributed by atoms with van der Waals surface area (Å²) in [6.45, 7) is 3.67. The zero-order valence-electron chi connectivity index (χ0n) is 25.7. The van der Waals surface area contributed by atoms with Gasteiger partial charge < -0.3 is 24.7 Å². The van der Waals surface area contributed by atoms with Crippen LogP contribution in [0.15, 0.2) is 72.8 Å². The maximum atomic E-state index is 13.8. The number of halogens is 1. The monoisotopic (exact) mass is 632 g/mol. The van der Waals surface area contributed by atoms with Crippen LogP contribution < -0.4 is 5.73 Å². The first-order valence-corrected chi connectivity index (χ1v) is 17.0. The fourth-order valence-electron chi connectivity index (χ4n) is 8.19. The van der Waals surface area contributed by atoms with Crippen molar-refractivity contribution in [1.29, 1.82) is 0 Å². The molecular weight excluding hydrogens is 596 g/mol. The summed E-state index contributed by atoms with van der Waals surface area (Å²) in [6.07, 6.45) is 4.54. The Balaban J connectivity index is 1.11. The van der Waals surface area contributed by atoms with E-state index >= 15 is 0 Å². The zero-order valence-corrected chi connectivity index (χ0v) is 26.4. The van der Waals surface area contributed by atoms with Gasteiger partial charge in [0.15, 0.2) is 5.82 Å². The molecule has 3 aromatic carbocycles. The average Bonchev–Trinajstić information content (AvgIpc) is 3.40. The lowest BCUT2D eigenvalue weighted by molar-refractivity contribution is 0.0471. The minimum atomic E-state index is -0.0144. The number of aromatic nitrogens is 3. The Labute approximate surface area is 272 Å². The molecule has 234 valence electrons. The summed E-state index contributed by atoms with van der Waals surface area (Å²) in [4.78, 5) is 36.0. The molecule has 4 aliphatic rings. The van der Waals surface area contributed by atoms with E-state index in [4.69, 9.17) is 22.3 Å². The lowest BCUT2D eigenvalue weighted by atomic mass is 9.98. The molecule has 2 N–H and O–H groups in total. The van der Waals surface area contributed by atoms with E-state index in [9.17, 15) is 9.59 Å². The fraction of sp³-hybridized carbons (Fsp3) is 0.378. The number of nitrogens with two attached hydrogens (primary N) is 1. The van der Waals surface area contributed by atoms with Crippen molar-refractivity contribution in [2.75, 3.05) is 19.6 Å².